The van der Waals surface area contributed by atoms with E-state index in [4.69, 9.17) is 10.7 Å². The monoisotopic (exact) mass is 330 g/mol. The molecule has 0 bridgehead atoms. The van der Waals surface area contributed by atoms with Crippen molar-refractivity contribution in [2.24, 2.45) is 5.73 Å². The summed E-state index contributed by atoms with van der Waals surface area (Å²) in [5.41, 5.74) is 6.44. The van der Waals surface area contributed by atoms with E-state index >= 15 is 0 Å². The Balaban J connectivity index is 1.81. The normalized spacial score (nSPS) is 22.1. The predicted octanol–water partition coefficient (Wildman–Crippen LogP) is 1.65. The first-order valence-electron chi connectivity index (χ1n) is 8.68. The zero-order chi connectivity index (χ0) is 17.2. The second kappa shape index (κ2) is 6.91. The van der Waals surface area contributed by atoms with Gasteiger partial charge in [0, 0.05) is 13.1 Å². The number of fused-ring (bicyclic) bond motifs is 1. The fourth-order valence-electron chi connectivity index (χ4n) is 3.73. The number of primary amides is 1. The third-order valence-corrected chi connectivity index (χ3v) is 4.68. The van der Waals surface area contributed by atoms with Gasteiger partial charge in [0.15, 0.2) is 0 Å². The highest BCUT2D eigenvalue weighted by molar-refractivity contribution is 5.76. The van der Waals surface area contributed by atoms with E-state index in [1.54, 1.807) is 0 Å². The summed E-state index contributed by atoms with van der Waals surface area (Å²) in [5.74, 6) is 0.568. The van der Waals surface area contributed by atoms with Gasteiger partial charge in [0.2, 0.25) is 5.91 Å². The summed E-state index contributed by atoms with van der Waals surface area (Å²) < 4.78 is 2.26. The molecule has 1 saturated heterocycles. The average Bonchev–Trinajstić information content (AvgIpc) is 2.84. The summed E-state index contributed by atoms with van der Waals surface area (Å²) in [4.78, 5) is 18.2. The lowest BCUT2D eigenvalue weighted by Gasteiger charge is -2.38. The van der Waals surface area contributed by atoms with Gasteiger partial charge in [-0.05, 0) is 37.9 Å². The van der Waals surface area contributed by atoms with Crippen molar-refractivity contribution in [3.63, 3.8) is 0 Å². The summed E-state index contributed by atoms with van der Waals surface area (Å²) in [7, 11) is 0. The van der Waals surface area contributed by atoms with Crippen molar-refractivity contribution in [3.8, 4) is 0 Å². The summed E-state index contributed by atoms with van der Waals surface area (Å²) in [5, 5.41) is 10.6. The molecule has 1 atom stereocenters. The molecule has 1 unspecified atom stereocenters. The van der Waals surface area contributed by atoms with Gasteiger partial charge in [0.25, 0.3) is 0 Å². The summed E-state index contributed by atoms with van der Waals surface area (Å²) in [6.45, 7) is 5.12. The maximum Gasteiger partial charge on any atom is 0.220 e. The Labute approximate surface area is 142 Å². The maximum atomic E-state index is 11.2. The molecule has 2 aromatic rings. The number of para-hydroxylation sites is 2. The summed E-state index contributed by atoms with van der Waals surface area (Å²) in [6, 6.07) is 8.17. The number of β-amino-alcohol motifs (C(OH)–C–C–N with tert-alkyl or cyclic N) is 1. The highest BCUT2D eigenvalue weighted by Gasteiger charge is 2.35. The second-order valence-electron chi connectivity index (χ2n) is 6.85. The average molecular weight is 330 g/mol. The molecule has 0 radical (unpaired) electrons. The van der Waals surface area contributed by atoms with Crippen LogP contribution < -0.4 is 5.73 Å². The molecule has 1 aliphatic heterocycles. The van der Waals surface area contributed by atoms with Crippen molar-refractivity contribution < 1.29 is 9.90 Å². The van der Waals surface area contributed by atoms with Crippen LogP contribution in [0.4, 0.5) is 0 Å². The quantitative estimate of drug-likeness (QED) is 0.843. The molecule has 130 valence electrons. The zero-order valence-corrected chi connectivity index (χ0v) is 14.2. The fraction of sp³-hybridized carbons (Fsp3) is 0.556. The van der Waals surface area contributed by atoms with E-state index in [0.717, 1.165) is 42.8 Å². The van der Waals surface area contributed by atoms with Gasteiger partial charge in [-0.1, -0.05) is 19.1 Å². The Hall–Kier alpha value is -1.92. The van der Waals surface area contributed by atoms with Crippen molar-refractivity contribution in [2.75, 3.05) is 13.1 Å². The van der Waals surface area contributed by atoms with Gasteiger partial charge in [0.1, 0.15) is 5.82 Å². The van der Waals surface area contributed by atoms with Gasteiger partial charge in [-0.3, -0.25) is 9.69 Å². The zero-order valence-electron chi connectivity index (χ0n) is 14.2. The van der Waals surface area contributed by atoms with Gasteiger partial charge in [-0.15, -0.1) is 0 Å². The van der Waals surface area contributed by atoms with Crippen LogP contribution in [0, 0.1) is 0 Å². The predicted molar refractivity (Wildman–Crippen MR) is 93.3 cm³/mol. The molecule has 3 rings (SSSR count). The van der Waals surface area contributed by atoms with Crippen molar-refractivity contribution in [1.29, 1.82) is 0 Å². The topological polar surface area (TPSA) is 84.4 Å². The summed E-state index contributed by atoms with van der Waals surface area (Å²) >= 11 is 0. The lowest BCUT2D eigenvalue weighted by Crippen LogP contribution is -2.49. The number of aliphatic hydroxyl groups is 1. The number of carbonyl (C=O) groups excluding carboxylic acids is 1. The van der Waals surface area contributed by atoms with Crippen LogP contribution in [0.5, 0.6) is 0 Å². The van der Waals surface area contributed by atoms with Gasteiger partial charge in [0.05, 0.1) is 29.6 Å². The van der Waals surface area contributed by atoms with Crippen molar-refractivity contribution in [3.05, 3.63) is 30.1 Å². The number of piperidine rings is 1. The third kappa shape index (κ3) is 3.60. The number of carbonyl (C=O) groups is 1. The number of imidazole rings is 1. The highest BCUT2D eigenvalue weighted by Crippen LogP contribution is 2.26. The molecule has 0 aliphatic carbocycles. The van der Waals surface area contributed by atoms with Crippen LogP contribution >= 0.6 is 0 Å². The Morgan fingerprint density at radius 2 is 2.21 bits per heavy atom. The molecule has 3 N–H and O–H groups in total. The van der Waals surface area contributed by atoms with E-state index in [2.05, 4.69) is 22.5 Å². The first kappa shape index (κ1) is 16.9. The number of aromatic nitrogens is 2. The SMILES string of the molecule is CCCn1c(CN2CCCC(O)(CC(N)=O)C2)nc2ccccc21. The number of hydrogen-bond acceptors (Lipinski definition) is 4. The fourth-order valence-corrected chi connectivity index (χ4v) is 3.73. The van der Waals surface area contributed by atoms with Crippen LogP contribution in [0.25, 0.3) is 11.0 Å². The largest absolute Gasteiger partial charge is 0.388 e. The van der Waals surface area contributed by atoms with Crippen molar-refractivity contribution >= 4 is 16.9 Å². The Morgan fingerprint density at radius 3 is 2.96 bits per heavy atom. The van der Waals surface area contributed by atoms with Crippen LogP contribution in [0.15, 0.2) is 24.3 Å². The van der Waals surface area contributed by atoms with E-state index in [-0.39, 0.29) is 6.42 Å². The first-order chi connectivity index (χ1) is 11.5. The minimum absolute atomic E-state index is 0.0227. The second-order valence-corrected chi connectivity index (χ2v) is 6.85. The molecule has 0 saturated carbocycles. The van der Waals surface area contributed by atoms with E-state index in [9.17, 15) is 9.90 Å². The molecule has 1 aliphatic rings. The Kier molecular flexibility index (Phi) is 4.87. The van der Waals surface area contributed by atoms with Gasteiger partial charge >= 0.3 is 0 Å². The molecule has 1 amide bonds. The van der Waals surface area contributed by atoms with E-state index in [0.29, 0.717) is 19.5 Å². The molecule has 6 heteroatoms. The number of aryl methyl sites for hydroxylation is 1. The van der Waals surface area contributed by atoms with Crippen molar-refractivity contribution in [2.45, 2.75) is 51.3 Å². The van der Waals surface area contributed by atoms with Crippen LogP contribution in [0.3, 0.4) is 0 Å². The molecular weight excluding hydrogens is 304 g/mol. The molecule has 0 spiro atoms. The molecule has 6 nitrogen and oxygen atoms in total. The first-order valence-corrected chi connectivity index (χ1v) is 8.68. The molecule has 24 heavy (non-hydrogen) atoms. The lowest BCUT2D eigenvalue weighted by molar-refractivity contribution is -0.125. The number of nitrogens with zero attached hydrogens (tertiary/aromatic N) is 3. The van der Waals surface area contributed by atoms with Crippen molar-refractivity contribution in [1.82, 2.24) is 14.5 Å². The number of nitrogens with two attached hydrogens (primary N) is 1. The number of rotatable bonds is 6. The standard InChI is InChI=1S/C18H26N4O2/c1-2-9-22-15-7-4-3-6-14(15)20-17(22)12-21-10-5-8-18(24,13-21)11-16(19)23/h3-4,6-7,24H,2,5,8-13H2,1H3,(H2,19,23). The van der Waals surface area contributed by atoms with E-state index in [1.807, 2.05) is 18.2 Å². The minimum Gasteiger partial charge on any atom is -0.388 e. The number of amides is 1. The molecular formula is C18H26N4O2. The van der Waals surface area contributed by atoms with Crippen LogP contribution in [-0.2, 0) is 17.9 Å². The molecule has 1 fully saturated rings. The summed E-state index contributed by atoms with van der Waals surface area (Å²) in [6.07, 6.45) is 2.55. The third-order valence-electron chi connectivity index (χ3n) is 4.68. The minimum atomic E-state index is -1.01. The van der Waals surface area contributed by atoms with E-state index < -0.39 is 11.5 Å². The molecule has 1 aromatic carbocycles. The lowest BCUT2D eigenvalue weighted by atomic mass is 9.89. The Bertz CT molecular complexity index is 727. The van der Waals surface area contributed by atoms with Crippen LogP contribution in [-0.4, -0.2) is 44.2 Å². The van der Waals surface area contributed by atoms with Crippen LogP contribution in [0.2, 0.25) is 0 Å². The van der Waals surface area contributed by atoms with E-state index in [1.165, 1.54) is 0 Å². The smallest absolute Gasteiger partial charge is 0.220 e. The number of benzene rings is 1. The Morgan fingerprint density at radius 1 is 1.42 bits per heavy atom. The maximum absolute atomic E-state index is 11.2. The molecule has 2 heterocycles. The number of likely N-dealkylation sites (tertiary alicyclic amines) is 1. The van der Waals surface area contributed by atoms with Crippen LogP contribution in [0.1, 0.15) is 38.4 Å². The van der Waals surface area contributed by atoms with Gasteiger partial charge < -0.3 is 15.4 Å². The molecule has 1 aromatic heterocycles. The van der Waals surface area contributed by atoms with Gasteiger partial charge in [-0.2, -0.15) is 0 Å². The number of hydrogen-bond donors (Lipinski definition) is 2. The highest BCUT2D eigenvalue weighted by atomic mass is 16.3. The van der Waals surface area contributed by atoms with Gasteiger partial charge in [-0.25, -0.2) is 4.98 Å².